The molecule has 3 heteroatoms. The van der Waals surface area contributed by atoms with Crippen molar-refractivity contribution in [3.8, 4) is 16.8 Å². The predicted molar refractivity (Wildman–Crippen MR) is 241 cm³/mol. The third-order valence-electron chi connectivity index (χ3n) is 11.7. The molecule has 0 spiro atoms. The van der Waals surface area contributed by atoms with Crippen molar-refractivity contribution in [2.24, 2.45) is 0 Å². The van der Waals surface area contributed by atoms with Gasteiger partial charge in [0.15, 0.2) is 0 Å². The van der Waals surface area contributed by atoms with Gasteiger partial charge in [0.1, 0.15) is 11.2 Å². The van der Waals surface area contributed by atoms with E-state index in [0.717, 1.165) is 61.3 Å². The first-order chi connectivity index (χ1) is 28.3. The second-order valence-corrected chi connectivity index (χ2v) is 14.9. The Morgan fingerprint density at radius 2 is 1.04 bits per heavy atom. The molecular weight excluding hydrogens is 693 g/mol. The Kier molecular flexibility index (Phi) is 6.93. The van der Waals surface area contributed by atoms with Crippen molar-refractivity contribution in [1.29, 1.82) is 0 Å². The first-order valence-corrected chi connectivity index (χ1v) is 19.5. The number of hydrogen-bond acceptors (Lipinski definition) is 2. The Balaban J connectivity index is 1.22. The number of para-hydroxylation sites is 4. The number of hydrogen-bond donors (Lipinski definition) is 0. The molecule has 0 unspecified atom stereocenters. The van der Waals surface area contributed by atoms with Crippen LogP contribution in [0, 0.1) is 0 Å². The maximum atomic E-state index is 6.96. The lowest BCUT2D eigenvalue weighted by atomic mass is 9.95. The summed E-state index contributed by atoms with van der Waals surface area (Å²) in [5.41, 5.74) is 10.6. The second-order valence-electron chi connectivity index (χ2n) is 14.9. The van der Waals surface area contributed by atoms with Crippen LogP contribution in [0.15, 0.2) is 211 Å². The molecule has 12 aromatic rings. The fraction of sp³-hybridized carbons (Fsp3) is 0. The molecule has 0 fully saturated rings. The molecule has 0 saturated heterocycles. The Hall–Kier alpha value is -7.62. The molecule has 0 atom stereocenters. The van der Waals surface area contributed by atoms with E-state index in [4.69, 9.17) is 4.42 Å². The van der Waals surface area contributed by atoms with E-state index in [2.05, 4.69) is 216 Å². The maximum Gasteiger partial charge on any atom is 0.145 e. The number of anilines is 3. The lowest BCUT2D eigenvalue weighted by molar-refractivity contribution is 0.670. The van der Waals surface area contributed by atoms with Gasteiger partial charge in [-0.1, -0.05) is 152 Å². The van der Waals surface area contributed by atoms with Crippen LogP contribution in [-0.4, -0.2) is 4.57 Å². The molecule has 0 saturated carbocycles. The van der Waals surface area contributed by atoms with Crippen molar-refractivity contribution in [2.75, 3.05) is 4.90 Å². The van der Waals surface area contributed by atoms with E-state index in [9.17, 15) is 0 Å². The highest BCUT2D eigenvalue weighted by molar-refractivity contribution is 6.21. The van der Waals surface area contributed by atoms with E-state index < -0.39 is 0 Å². The second kappa shape index (κ2) is 12.5. The van der Waals surface area contributed by atoms with Gasteiger partial charge in [0.25, 0.3) is 0 Å². The first-order valence-electron chi connectivity index (χ1n) is 19.5. The van der Waals surface area contributed by atoms with Crippen LogP contribution in [0.25, 0.3) is 92.9 Å². The van der Waals surface area contributed by atoms with Crippen molar-refractivity contribution >= 4 is 93.1 Å². The molecule has 0 N–H and O–H groups in total. The molecule has 0 aliphatic rings. The Bertz CT molecular complexity index is 3530. The quantitative estimate of drug-likeness (QED) is 0.165. The van der Waals surface area contributed by atoms with E-state index in [-0.39, 0.29) is 0 Å². The predicted octanol–water partition coefficient (Wildman–Crippen LogP) is 15.3. The van der Waals surface area contributed by atoms with Crippen LogP contribution in [0.2, 0.25) is 0 Å². The molecule has 2 aromatic heterocycles. The summed E-state index contributed by atoms with van der Waals surface area (Å²) < 4.78 is 9.39. The zero-order valence-corrected chi connectivity index (χ0v) is 30.9. The van der Waals surface area contributed by atoms with Gasteiger partial charge in [-0.05, 0) is 92.5 Å². The van der Waals surface area contributed by atoms with Gasteiger partial charge in [-0.3, -0.25) is 0 Å². The van der Waals surface area contributed by atoms with E-state index in [1.807, 2.05) is 0 Å². The Labute approximate surface area is 328 Å². The van der Waals surface area contributed by atoms with Crippen molar-refractivity contribution < 1.29 is 4.42 Å². The average molecular weight is 727 g/mol. The minimum absolute atomic E-state index is 0.864. The third-order valence-corrected chi connectivity index (χ3v) is 11.7. The maximum absolute atomic E-state index is 6.96. The number of benzene rings is 10. The van der Waals surface area contributed by atoms with Crippen LogP contribution >= 0.6 is 0 Å². The monoisotopic (exact) mass is 726 g/mol. The fourth-order valence-corrected chi connectivity index (χ4v) is 9.24. The molecule has 57 heavy (non-hydrogen) atoms. The molecule has 0 aliphatic carbocycles. The topological polar surface area (TPSA) is 21.3 Å². The van der Waals surface area contributed by atoms with Crippen LogP contribution in [0.3, 0.4) is 0 Å². The standard InChI is InChI=1S/C54H34N2O/c1-2-17-38(18-3-1)56-48-25-10-8-21-44(48)45-24-13-26-50(53(45)56)55(39-30-31-42-37(34-39)29-28-36-15-5-6-19-40(36)42)49-33-32-46(43-23-12-16-35-14-4-7-20-41(35)43)54-52(49)47-22-9-11-27-51(47)57-54/h1-34H. The van der Waals surface area contributed by atoms with Gasteiger partial charge in [0.2, 0.25) is 0 Å². The van der Waals surface area contributed by atoms with E-state index in [1.165, 1.54) is 48.6 Å². The SMILES string of the molecule is c1ccc(-n2c3ccccc3c3cccc(N(c4ccc5c(ccc6ccccc65)c4)c4ccc(-c5cccc6ccccc56)c5oc6ccccc6c45)c32)cc1. The van der Waals surface area contributed by atoms with Crippen LogP contribution in [0.5, 0.6) is 0 Å². The van der Waals surface area contributed by atoms with Gasteiger partial charge in [-0.2, -0.15) is 0 Å². The third kappa shape index (κ3) is 4.79. The molecule has 10 aromatic carbocycles. The average Bonchev–Trinajstić information content (AvgIpc) is 3.84. The number of furan rings is 1. The summed E-state index contributed by atoms with van der Waals surface area (Å²) >= 11 is 0. The molecule has 0 radical (unpaired) electrons. The molecular formula is C54H34N2O. The number of aromatic nitrogens is 1. The number of rotatable bonds is 5. The molecule has 2 heterocycles. The van der Waals surface area contributed by atoms with Crippen molar-refractivity contribution in [3.63, 3.8) is 0 Å². The van der Waals surface area contributed by atoms with Crippen molar-refractivity contribution in [2.45, 2.75) is 0 Å². The molecule has 266 valence electrons. The summed E-state index contributed by atoms with van der Waals surface area (Å²) in [6, 6.07) is 74.5. The summed E-state index contributed by atoms with van der Waals surface area (Å²) in [7, 11) is 0. The molecule has 12 rings (SSSR count). The largest absolute Gasteiger partial charge is 0.455 e. The van der Waals surface area contributed by atoms with Gasteiger partial charge in [0.05, 0.1) is 27.8 Å². The van der Waals surface area contributed by atoms with Crippen molar-refractivity contribution in [3.05, 3.63) is 206 Å². The molecule has 0 aliphatic heterocycles. The Morgan fingerprint density at radius 3 is 1.91 bits per heavy atom. The number of nitrogens with zero attached hydrogens (tertiary/aromatic N) is 2. The zero-order valence-electron chi connectivity index (χ0n) is 30.9. The Morgan fingerprint density at radius 1 is 0.386 bits per heavy atom. The van der Waals surface area contributed by atoms with Crippen LogP contribution in [0.4, 0.5) is 17.1 Å². The first kappa shape index (κ1) is 31.7. The van der Waals surface area contributed by atoms with Crippen LogP contribution in [-0.2, 0) is 0 Å². The molecule has 0 bridgehead atoms. The molecule has 3 nitrogen and oxygen atoms in total. The minimum atomic E-state index is 0.864. The van der Waals surface area contributed by atoms with Gasteiger partial charge >= 0.3 is 0 Å². The highest BCUT2D eigenvalue weighted by Gasteiger charge is 2.26. The minimum Gasteiger partial charge on any atom is -0.455 e. The van der Waals surface area contributed by atoms with Gasteiger partial charge in [-0.25, -0.2) is 0 Å². The van der Waals surface area contributed by atoms with Crippen LogP contribution < -0.4 is 4.90 Å². The highest BCUT2D eigenvalue weighted by Crippen LogP contribution is 2.50. The summed E-state index contributed by atoms with van der Waals surface area (Å²) in [6.07, 6.45) is 0. The fourth-order valence-electron chi connectivity index (χ4n) is 9.24. The molecule has 0 amide bonds. The van der Waals surface area contributed by atoms with Crippen molar-refractivity contribution in [1.82, 2.24) is 4.57 Å². The summed E-state index contributed by atoms with van der Waals surface area (Å²) in [5.74, 6) is 0. The summed E-state index contributed by atoms with van der Waals surface area (Å²) in [6.45, 7) is 0. The van der Waals surface area contributed by atoms with Gasteiger partial charge < -0.3 is 13.9 Å². The normalized spacial score (nSPS) is 11.9. The zero-order chi connectivity index (χ0) is 37.5. The van der Waals surface area contributed by atoms with E-state index >= 15 is 0 Å². The van der Waals surface area contributed by atoms with E-state index in [0.29, 0.717) is 0 Å². The van der Waals surface area contributed by atoms with Gasteiger partial charge in [0, 0.05) is 33.1 Å². The van der Waals surface area contributed by atoms with Gasteiger partial charge in [-0.15, -0.1) is 0 Å². The lowest BCUT2D eigenvalue weighted by Crippen LogP contribution is -2.12. The summed E-state index contributed by atoms with van der Waals surface area (Å²) in [4.78, 5) is 2.46. The van der Waals surface area contributed by atoms with Crippen LogP contribution in [0.1, 0.15) is 0 Å². The highest BCUT2D eigenvalue weighted by atomic mass is 16.3. The number of fused-ring (bicyclic) bond motifs is 10. The summed E-state index contributed by atoms with van der Waals surface area (Å²) in [5, 5.41) is 11.9. The van der Waals surface area contributed by atoms with E-state index in [1.54, 1.807) is 0 Å². The lowest BCUT2D eigenvalue weighted by Gasteiger charge is -2.28. The smallest absolute Gasteiger partial charge is 0.145 e.